The molecule has 19 heavy (non-hydrogen) atoms. The van der Waals surface area contributed by atoms with Gasteiger partial charge in [0.1, 0.15) is 0 Å². The van der Waals surface area contributed by atoms with Gasteiger partial charge < -0.3 is 9.94 Å². The van der Waals surface area contributed by atoms with E-state index in [-0.39, 0.29) is 12.3 Å². The number of fused-ring (bicyclic) bond motifs is 1. The summed E-state index contributed by atoms with van der Waals surface area (Å²) in [4.78, 5) is 23.7. The summed E-state index contributed by atoms with van der Waals surface area (Å²) >= 11 is 0. The Morgan fingerprint density at radius 3 is 2.84 bits per heavy atom. The second-order valence-electron chi connectivity index (χ2n) is 4.22. The van der Waals surface area contributed by atoms with Crippen molar-refractivity contribution in [3.8, 4) is 0 Å². The maximum atomic E-state index is 11.9. The van der Waals surface area contributed by atoms with Crippen LogP contribution in [0.25, 0.3) is 10.8 Å². The van der Waals surface area contributed by atoms with Crippen molar-refractivity contribution in [2.24, 2.45) is 0 Å². The van der Waals surface area contributed by atoms with Crippen LogP contribution in [0.3, 0.4) is 0 Å². The highest BCUT2D eigenvalue weighted by atomic mass is 16.5. The number of esters is 1. The predicted octanol–water partition coefficient (Wildman–Crippen LogP) is 2.20. The molecule has 5 nitrogen and oxygen atoms in total. The summed E-state index contributed by atoms with van der Waals surface area (Å²) in [6.07, 6.45) is 1.64. The van der Waals surface area contributed by atoms with Crippen LogP contribution >= 0.6 is 0 Å². The lowest BCUT2D eigenvalue weighted by molar-refractivity contribution is 0.0442. The molecule has 0 atom stereocenters. The van der Waals surface area contributed by atoms with E-state index in [1.54, 1.807) is 24.3 Å². The molecule has 0 spiro atoms. The second kappa shape index (κ2) is 5.56. The lowest BCUT2D eigenvalue weighted by Gasteiger charge is -2.08. The van der Waals surface area contributed by atoms with Gasteiger partial charge in [-0.3, -0.25) is 4.79 Å². The highest BCUT2D eigenvalue weighted by molar-refractivity contribution is 5.93. The van der Waals surface area contributed by atoms with E-state index in [0.717, 1.165) is 12.8 Å². The van der Waals surface area contributed by atoms with Gasteiger partial charge in [0.25, 0.3) is 5.56 Å². The van der Waals surface area contributed by atoms with E-state index in [0.29, 0.717) is 15.5 Å². The fourth-order valence-corrected chi connectivity index (χ4v) is 1.78. The molecule has 1 aromatic carbocycles. The average Bonchev–Trinajstić information content (AvgIpc) is 2.43. The smallest absolute Gasteiger partial charge is 0.358 e. The Bertz CT molecular complexity index is 660. The SMILES string of the molecule is CCCCOC(=O)c1cc2ccccc2c(=O)n1O. The maximum absolute atomic E-state index is 11.9. The first-order valence-corrected chi connectivity index (χ1v) is 6.16. The van der Waals surface area contributed by atoms with Crippen LogP contribution < -0.4 is 5.56 Å². The number of carbonyl (C=O) groups excluding carboxylic acids is 1. The third kappa shape index (κ3) is 2.59. The van der Waals surface area contributed by atoms with E-state index >= 15 is 0 Å². The predicted molar refractivity (Wildman–Crippen MR) is 70.6 cm³/mol. The normalized spacial score (nSPS) is 10.6. The van der Waals surface area contributed by atoms with Crippen LogP contribution in [-0.4, -0.2) is 22.5 Å². The minimum absolute atomic E-state index is 0.153. The molecule has 0 fully saturated rings. The van der Waals surface area contributed by atoms with Gasteiger partial charge in [-0.05, 0) is 23.9 Å². The number of unbranched alkanes of at least 4 members (excludes halogenated alkanes) is 1. The van der Waals surface area contributed by atoms with Crippen molar-refractivity contribution >= 4 is 16.7 Å². The van der Waals surface area contributed by atoms with Crippen molar-refractivity contribution in [3.05, 3.63) is 46.4 Å². The summed E-state index contributed by atoms with van der Waals surface area (Å²) in [5.41, 5.74) is -0.777. The highest BCUT2D eigenvalue weighted by Gasteiger charge is 2.16. The zero-order valence-corrected chi connectivity index (χ0v) is 10.6. The largest absolute Gasteiger partial charge is 0.461 e. The third-order valence-corrected chi connectivity index (χ3v) is 2.84. The van der Waals surface area contributed by atoms with E-state index in [9.17, 15) is 14.8 Å². The Morgan fingerprint density at radius 2 is 2.11 bits per heavy atom. The van der Waals surface area contributed by atoms with Crippen molar-refractivity contribution in [1.29, 1.82) is 0 Å². The lowest BCUT2D eigenvalue weighted by atomic mass is 10.1. The number of carbonyl (C=O) groups is 1. The van der Waals surface area contributed by atoms with Crippen LogP contribution in [0.2, 0.25) is 0 Å². The molecule has 1 heterocycles. The van der Waals surface area contributed by atoms with Gasteiger partial charge in [0.2, 0.25) is 0 Å². The highest BCUT2D eigenvalue weighted by Crippen LogP contribution is 2.12. The molecule has 0 unspecified atom stereocenters. The van der Waals surface area contributed by atoms with E-state index in [1.807, 2.05) is 6.92 Å². The number of benzene rings is 1. The molecule has 0 radical (unpaired) electrons. The van der Waals surface area contributed by atoms with Crippen molar-refractivity contribution in [3.63, 3.8) is 0 Å². The van der Waals surface area contributed by atoms with Crippen molar-refractivity contribution in [1.82, 2.24) is 4.73 Å². The summed E-state index contributed by atoms with van der Waals surface area (Å²) in [6.45, 7) is 2.25. The van der Waals surface area contributed by atoms with E-state index in [2.05, 4.69) is 0 Å². The van der Waals surface area contributed by atoms with Gasteiger partial charge in [-0.25, -0.2) is 4.79 Å². The topological polar surface area (TPSA) is 68.5 Å². The van der Waals surface area contributed by atoms with Crippen LogP contribution in [0.5, 0.6) is 0 Å². The Hall–Kier alpha value is -2.30. The molecule has 100 valence electrons. The van der Waals surface area contributed by atoms with Gasteiger partial charge in [0, 0.05) is 0 Å². The molecule has 1 aromatic heterocycles. The van der Waals surface area contributed by atoms with E-state index in [4.69, 9.17) is 4.74 Å². The van der Waals surface area contributed by atoms with E-state index in [1.165, 1.54) is 6.07 Å². The van der Waals surface area contributed by atoms with Crippen molar-refractivity contribution in [2.45, 2.75) is 19.8 Å². The molecular formula is C14H15NO4. The zero-order valence-electron chi connectivity index (χ0n) is 10.6. The molecule has 1 N–H and O–H groups in total. The Balaban J connectivity index is 2.41. The molecule has 0 saturated heterocycles. The van der Waals surface area contributed by atoms with Gasteiger partial charge in [-0.2, -0.15) is 0 Å². The van der Waals surface area contributed by atoms with Crippen LogP contribution in [0.1, 0.15) is 30.3 Å². The Kier molecular flexibility index (Phi) is 3.85. The summed E-state index contributed by atoms with van der Waals surface area (Å²) in [5.74, 6) is -0.696. The molecule has 0 saturated carbocycles. The minimum atomic E-state index is -0.696. The monoisotopic (exact) mass is 261 g/mol. The molecule has 0 aliphatic heterocycles. The van der Waals surface area contributed by atoms with Crippen molar-refractivity contribution in [2.75, 3.05) is 6.61 Å². The molecular weight excluding hydrogens is 246 g/mol. The Morgan fingerprint density at radius 1 is 1.37 bits per heavy atom. The van der Waals surface area contributed by atoms with Crippen LogP contribution in [0.15, 0.2) is 35.1 Å². The first kappa shape index (κ1) is 13.1. The second-order valence-corrected chi connectivity index (χ2v) is 4.22. The molecule has 0 aliphatic rings. The summed E-state index contributed by atoms with van der Waals surface area (Å²) in [7, 11) is 0. The summed E-state index contributed by atoms with van der Waals surface area (Å²) < 4.78 is 5.34. The molecule has 0 aliphatic carbocycles. The van der Waals surface area contributed by atoms with E-state index < -0.39 is 11.5 Å². The van der Waals surface area contributed by atoms with Crippen LogP contribution in [0.4, 0.5) is 0 Å². The molecule has 5 heteroatoms. The van der Waals surface area contributed by atoms with Gasteiger partial charge in [0.05, 0.1) is 12.0 Å². The number of hydrogen-bond donors (Lipinski definition) is 1. The van der Waals surface area contributed by atoms with Gasteiger partial charge in [-0.15, -0.1) is 4.73 Å². The molecule has 0 bridgehead atoms. The molecule has 0 amide bonds. The average molecular weight is 261 g/mol. The third-order valence-electron chi connectivity index (χ3n) is 2.84. The van der Waals surface area contributed by atoms with Gasteiger partial charge >= 0.3 is 5.97 Å². The minimum Gasteiger partial charge on any atom is -0.461 e. The maximum Gasteiger partial charge on any atom is 0.358 e. The number of pyridine rings is 1. The number of aromatic nitrogens is 1. The number of ether oxygens (including phenoxy) is 1. The first-order chi connectivity index (χ1) is 9.15. The molecule has 2 rings (SSSR count). The van der Waals surface area contributed by atoms with Crippen LogP contribution in [0, 0.1) is 0 Å². The fourth-order valence-electron chi connectivity index (χ4n) is 1.78. The lowest BCUT2D eigenvalue weighted by Crippen LogP contribution is -2.25. The van der Waals surface area contributed by atoms with Gasteiger partial charge in [0.15, 0.2) is 5.69 Å². The standard InChI is InChI=1S/C14H15NO4/c1-2-3-8-19-14(17)12-9-10-6-4-5-7-11(10)13(16)15(12)18/h4-7,9,18H,2-3,8H2,1H3. The zero-order chi connectivity index (χ0) is 13.8. The summed E-state index contributed by atoms with van der Waals surface area (Å²) in [5, 5.41) is 10.7. The number of hydrogen-bond acceptors (Lipinski definition) is 4. The van der Waals surface area contributed by atoms with Crippen LogP contribution in [-0.2, 0) is 4.74 Å². The molecule has 2 aromatic rings. The summed E-state index contributed by atoms with van der Waals surface area (Å²) in [6, 6.07) is 8.21. The van der Waals surface area contributed by atoms with Crippen molar-refractivity contribution < 1.29 is 14.7 Å². The fraction of sp³-hybridized carbons (Fsp3) is 0.286. The quantitative estimate of drug-likeness (QED) is 0.520. The Labute approximate surface area is 110 Å². The van der Waals surface area contributed by atoms with Gasteiger partial charge in [-0.1, -0.05) is 31.5 Å². The first-order valence-electron chi connectivity index (χ1n) is 6.16. The number of nitrogens with zero attached hydrogens (tertiary/aromatic N) is 1. The number of rotatable bonds is 4.